The Morgan fingerprint density at radius 1 is 1.23 bits per heavy atom. The third-order valence-electron chi connectivity index (χ3n) is 3.57. The molecule has 4 rings (SSSR count). The highest BCUT2D eigenvalue weighted by Crippen LogP contribution is 2.28. The summed E-state index contributed by atoms with van der Waals surface area (Å²) in [4.78, 5) is 19.5. The van der Waals surface area contributed by atoms with Crippen LogP contribution in [0.25, 0.3) is 11.6 Å². The Morgan fingerprint density at radius 3 is 2.77 bits per heavy atom. The molecule has 0 bridgehead atoms. The highest BCUT2D eigenvalue weighted by Gasteiger charge is 2.33. The van der Waals surface area contributed by atoms with E-state index in [0.717, 1.165) is 30.3 Å². The molecule has 0 aromatic carbocycles. The van der Waals surface area contributed by atoms with Crippen LogP contribution in [-0.4, -0.2) is 43.1 Å². The minimum Gasteiger partial charge on any atom is -0.338 e. The van der Waals surface area contributed by atoms with Crippen molar-refractivity contribution in [3.8, 4) is 11.6 Å². The monoisotopic (exact) mass is 314 g/mol. The zero-order valence-electron chi connectivity index (χ0n) is 12.0. The van der Waals surface area contributed by atoms with Crippen LogP contribution in [0.5, 0.6) is 0 Å². The van der Waals surface area contributed by atoms with E-state index in [4.69, 9.17) is 4.52 Å². The molecule has 0 spiro atoms. The van der Waals surface area contributed by atoms with Crippen molar-refractivity contribution in [2.45, 2.75) is 19.4 Å². The molecule has 1 saturated heterocycles. The van der Waals surface area contributed by atoms with E-state index in [1.54, 1.807) is 29.8 Å². The van der Waals surface area contributed by atoms with E-state index in [0.29, 0.717) is 17.5 Å². The molecule has 3 aromatic heterocycles. The van der Waals surface area contributed by atoms with Gasteiger partial charge >= 0.3 is 0 Å². The Morgan fingerprint density at radius 2 is 2.05 bits per heavy atom. The third kappa shape index (κ3) is 2.62. The maximum absolute atomic E-state index is 5.34. The van der Waals surface area contributed by atoms with Crippen LogP contribution in [0, 0.1) is 6.92 Å². The third-order valence-corrected chi connectivity index (χ3v) is 4.39. The van der Waals surface area contributed by atoms with Crippen molar-refractivity contribution in [3.05, 3.63) is 40.4 Å². The normalized spacial score (nSPS) is 15.9. The fraction of sp³-hybridized carbons (Fsp3) is 0.357. The average Bonchev–Trinajstić information content (AvgIpc) is 3.12. The summed E-state index contributed by atoms with van der Waals surface area (Å²) in [5, 5.41) is 7.18. The summed E-state index contributed by atoms with van der Waals surface area (Å²) in [6, 6.07) is 1.76. The second kappa shape index (κ2) is 5.54. The van der Waals surface area contributed by atoms with E-state index >= 15 is 0 Å². The number of hydrogen-bond donors (Lipinski definition) is 0. The van der Waals surface area contributed by atoms with Crippen LogP contribution in [0.1, 0.15) is 22.5 Å². The topological polar surface area (TPSA) is 80.8 Å². The SMILES string of the molecule is Cc1nc(CN2CC(c3nc(-c4ncccn4)no3)C2)cs1. The largest absolute Gasteiger partial charge is 0.338 e. The molecule has 22 heavy (non-hydrogen) atoms. The fourth-order valence-electron chi connectivity index (χ4n) is 2.47. The molecule has 1 fully saturated rings. The molecule has 8 heteroatoms. The van der Waals surface area contributed by atoms with Gasteiger partial charge in [-0.2, -0.15) is 4.98 Å². The van der Waals surface area contributed by atoms with Crippen molar-refractivity contribution in [1.29, 1.82) is 0 Å². The van der Waals surface area contributed by atoms with Crippen molar-refractivity contribution >= 4 is 11.3 Å². The van der Waals surface area contributed by atoms with Gasteiger partial charge in [-0.15, -0.1) is 11.3 Å². The maximum atomic E-state index is 5.34. The van der Waals surface area contributed by atoms with Crippen LogP contribution in [-0.2, 0) is 6.54 Å². The summed E-state index contributed by atoms with van der Waals surface area (Å²) in [6.07, 6.45) is 3.33. The Hall–Kier alpha value is -2.19. The molecule has 1 aliphatic rings. The summed E-state index contributed by atoms with van der Waals surface area (Å²) in [5.74, 6) is 1.88. The highest BCUT2D eigenvalue weighted by atomic mass is 32.1. The summed E-state index contributed by atoms with van der Waals surface area (Å²) in [7, 11) is 0. The number of thiazole rings is 1. The molecule has 0 saturated carbocycles. The molecular weight excluding hydrogens is 300 g/mol. The maximum Gasteiger partial charge on any atom is 0.240 e. The van der Waals surface area contributed by atoms with E-state index in [-0.39, 0.29) is 5.92 Å². The molecule has 7 nitrogen and oxygen atoms in total. The summed E-state index contributed by atoms with van der Waals surface area (Å²) in [6.45, 7) is 4.73. The molecule has 0 radical (unpaired) electrons. The fourth-order valence-corrected chi connectivity index (χ4v) is 3.08. The lowest BCUT2D eigenvalue weighted by Gasteiger charge is -2.36. The predicted octanol–water partition coefficient (Wildman–Crippen LogP) is 1.89. The van der Waals surface area contributed by atoms with Crippen molar-refractivity contribution in [2.75, 3.05) is 13.1 Å². The Bertz CT molecular complexity index is 765. The lowest BCUT2D eigenvalue weighted by Crippen LogP contribution is -2.44. The first-order chi connectivity index (χ1) is 10.8. The number of aryl methyl sites for hydroxylation is 1. The average molecular weight is 314 g/mol. The van der Waals surface area contributed by atoms with Gasteiger partial charge in [0.25, 0.3) is 0 Å². The number of aromatic nitrogens is 5. The van der Waals surface area contributed by atoms with Crippen molar-refractivity contribution in [2.24, 2.45) is 0 Å². The first kappa shape index (κ1) is 13.5. The Labute approximate surface area is 131 Å². The van der Waals surface area contributed by atoms with E-state index in [2.05, 4.69) is 35.4 Å². The molecule has 0 aliphatic carbocycles. The number of likely N-dealkylation sites (tertiary alicyclic amines) is 1. The first-order valence-corrected chi connectivity index (χ1v) is 7.90. The summed E-state index contributed by atoms with van der Waals surface area (Å²) < 4.78 is 5.34. The molecule has 0 atom stereocenters. The first-order valence-electron chi connectivity index (χ1n) is 7.02. The van der Waals surface area contributed by atoms with Crippen LogP contribution >= 0.6 is 11.3 Å². The van der Waals surface area contributed by atoms with Crippen LogP contribution in [0.2, 0.25) is 0 Å². The van der Waals surface area contributed by atoms with Gasteiger partial charge in [0.05, 0.1) is 16.6 Å². The van der Waals surface area contributed by atoms with Gasteiger partial charge in [-0.05, 0) is 13.0 Å². The second-order valence-corrected chi connectivity index (χ2v) is 6.34. The lowest BCUT2D eigenvalue weighted by atomic mass is 10.00. The smallest absolute Gasteiger partial charge is 0.240 e. The van der Waals surface area contributed by atoms with Crippen LogP contribution in [0.15, 0.2) is 28.4 Å². The van der Waals surface area contributed by atoms with Crippen LogP contribution in [0.4, 0.5) is 0 Å². The molecular formula is C14H14N6OS. The Kier molecular flexibility index (Phi) is 3.39. The number of rotatable bonds is 4. The molecule has 112 valence electrons. The van der Waals surface area contributed by atoms with Gasteiger partial charge in [-0.25, -0.2) is 15.0 Å². The van der Waals surface area contributed by atoms with Crippen molar-refractivity contribution in [3.63, 3.8) is 0 Å². The highest BCUT2D eigenvalue weighted by molar-refractivity contribution is 7.09. The van der Waals surface area contributed by atoms with Crippen LogP contribution in [0.3, 0.4) is 0 Å². The van der Waals surface area contributed by atoms with E-state index in [1.165, 1.54) is 0 Å². The number of nitrogens with zero attached hydrogens (tertiary/aromatic N) is 6. The minimum atomic E-state index is 0.282. The predicted molar refractivity (Wildman–Crippen MR) is 80.2 cm³/mol. The Balaban J connectivity index is 1.38. The van der Waals surface area contributed by atoms with Gasteiger partial charge in [-0.1, -0.05) is 5.16 Å². The summed E-state index contributed by atoms with van der Waals surface area (Å²) >= 11 is 1.69. The van der Waals surface area contributed by atoms with E-state index < -0.39 is 0 Å². The van der Waals surface area contributed by atoms with E-state index in [1.807, 2.05) is 6.92 Å². The molecule has 1 aliphatic heterocycles. The van der Waals surface area contributed by atoms with Crippen molar-refractivity contribution in [1.82, 2.24) is 30.0 Å². The molecule has 0 N–H and O–H groups in total. The summed E-state index contributed by atoms with van der Waals surface area (Å²) in [5.41, 5.74) is 1.13. The minimum absolute atomic E-state index is 0.282. The molecule has 3 aromatic rings. The van der Waals surface area contributed by atoms with Gasteiger partial charge in [0.2, 0.25) is 17.5 Å². The van der Waals surface area contributed by atoms with E-state index in [9.17, 15) is 0 Å². The van der Waals surface area contributed by atoms with Gasteiger partial charge in [-0.3, -0.25) is 4.90 Å². The quantitative estimate of drug-likeness (QED) is 0.727. The molecule has 4 heterocycles. The van der Waals surface area contributed by atoms with Gasteiger partial charge in [0.15, 0.2) is 0 Å². The van der Waals surface area contributed by atoms with Gasteiger partial charge in [0, 0.05) is 37.4 Å². The lowest BCUT2D eigenvalue weighted by molar-refractivity contribution is 0.116. The van der Waals surface area contributed by atoms with Gasteiger partial charge in [0.1, 0.15) is 0 Å². The van der Waals surface area contributed by atoms with Gasteiger partial charge < -0.3 is 4.52 Å². The zero-order chi connectivity index (χ0) is 14.9. The number of hydrogen-bond acceptors (Lipinski definition) is 8. The molecule has 0 amide bonds. The zero-order valence-corrected chi connectivity index (χ0v) is 12.8. The van der Waals surface area contributed by atoms with Crippen LogP contribution < -0.4 is 0 Å². The van der Waals surface area contributed by atoms with Crippen molar-refractivity contribution < 1.29 is 4.52 Å². The molecule has 0 unspecified atom stereocenters. The second-order valence-electron chi connectivity index (χ2n) is 5.28. The standard InChI is InChI=1S/C14H14N6OS/c1-9-17-11(8-22-9)7-20-5-10(6-20)14-18-13(19-21-14)12-15-3-2-4-16-12/h2-4,8,10H,5-7H2,1H3.